The Balaban J connectivity index is 2.30. The smallest absolute Gasteiger partial charge is 0.415 e. The molecule has 0 fully saturated rings. The lowest BCUT2D eigenvalue weighted by Gasteiger charge is -2.07. The number of benzene rings is 1. The minimum Gasteiger partial charge on any atom is -0.449 e. The van der Waals surface area contributed by atoms with Gasteiger partial charge in [-0.3, -0.25) is 4.79 Å². The molecule has 6 nitrogen and oxygen atoms in total. The number of hydrogen-bond acceptors (Lipinski definition) is 5. The van der Waals surface area contributed by atoms with Gasteiger partial charge in [-0.15, -0.1) is 11.8 Å². The molecule has 0 radical (unpaired) electrons. The van der Waals surface area contributed by atoms with Crippen LogP contribution in [0.2, 0.25) is 0 Å². The number of carbonyl (C=O) groups excluding carboxylic acids is 3. The van der Waals surface area contributed by atoms with Gasteiger partial charge in [-0.2, -0.15) is 0 Å². The largest absolute Gasteiger partial charge is 0.449 e. The third-order valence-corrected chi connectivity index (χ3v) is 3.43. The number of imide groups is 1. The Morgan fingerprint density at radius 1 is 1.30 bits per heavy atom. The second-order valence-corrected chi connectivity index (χ2v) is 5.02. The second-order valence-electron chi connectivity index (χ2n) is 3.88. The van der Waals surface area contributed by atoms with E-state index in [0.717, 1.165) is 4.90 Å². The third kappa shape index (κ3) is 5.75. The fourth-order valence-corrected chi connectivity index (χ4v) is 2.45. The van der Waals surface area contributed by atoms with Gasteiger partial charge in [0, 0.05) is 16.2 Å². The quantitative estimate of drug-likeness (QED) is 0.476. The minimum atomic E-state index is -0.945. The van der Waals surface area contributed by atoms with E-state index in [0.29, 0.717) is 17.7 Å². The molecule has 1 aromatic carbocycles. The van der Waals surface area contributed by atoms with Crippen LogP contribution in [0.1, 0.15) is 23.7 Å². The molecule has 0 aliphatic rings. The molecule has 0 atom stereocenters. The number of ketones is 1. The van der Waals surface area contributed by atoms with Gasteiger partial charge in [0.2, 0.25) is 0 Å². The number of Topliss-reactive ketones (excluding diaryl/α,β-unsaturated/α-hetero) is 1. The van der Waals surface area contributed by atoms with Gasteiger partial charge in [-0.25, -0.2) is 14.9 Å². The van der Waals surface area contributed by atoms with Crippen LogP contribution in [-0.2, 0) is 4.74 Å². The minimum absolute atomic E-state index is 0.0187. The van der Waals surface area contributed by atoms with Crippen molar-refractivity contribution in [3.05, 3.63) is 29.8 Å². The summed E-state index contributed by atoms with van der Waals surface area (Å²) in [6.07, 6.45) is -0.255. The number of thioether (sulfide) groups is 1. The Morgan fingerprint density at radius 3 is 2.65 bits per heavy atom. The summed E-state index contributed by atoms with van der Waals surface area (Å²) >= 11 is 1.52. The van der Waals surface area contributed by atoms with E-state index in [1.54, 1.807) is 11.4 Å². The second kappa shape index (κ2) is 8.21. The molecule has 0 unspecified atom stereocenters. The number of hydrogen-bond donors (Lipinski definition) is 2. The highest BCUT2D eigenvalue weighted by Crippen LogP contribution is 2.23. The summed E-state index contributed by atoms with van der Waals surface area (Å²) in [6, 6.07) is 6.40. The number of rotatable bonds is 6. The van der Waals surface area contributed by atoms with Crippen LogP contribution in [0, 0.1) is 0 Å². The van der Waals surface area contributed by atoms with Crippen LogP contribution in [-0.4, -0.2) is 30.3 Å². The van der Waals surface area contributed by atoms with Gasteiger partial charge in [0.25, 0.3) is 0 Å². The molecule has 1 rings (SSSR count). The van der Waals surface area contributed by atoms with Gasteiger partial charge >= 0.3 is 12.1 Å². The Hall–Kier alpha value is -2.02. The van der Waals surface area contributed by atoms with Crippen LogP contribution >= 0.6 is 11.8 Å². The topological polar surface area (TPSA) is 98.5 Å². The number of amides is 3. The molecule has 3 N–H and O–H groups in total. The highest BCUT2D eigenvalue weighted by molar-refractivity contribution is 7.99. The normalized spacial score (nSPS) is 9.85. The van der Waals surface area contributed by atoms with Crippen molar-refractivity contribution in [2.24, 2.45) is 5.73 Å². The zero-order valence-corrected chi connectivity index (χ0v) is 11.9. The molecule has 0 bridgehead atoms. The SMILES string of the molecule is CC(=O)c1ccccc1SCCCOC(=O)NC(N)=O. The van der Waals surface area contributed by atoms with Gasteiger partial charge in [-0.1, -0.05) is 18.2 Å². The Labute approximate surface area is 121 Å². The van der Waals surface area contributed by atoms with Gasteiger partial charge < -0.3 is 10.5 Å². The predicted octanol–water partition coefficient (Wildman–Crippen LogP) is 2.18. The van der Waals surface area contributed by atoms with Crippen molar-refractivity contribution in [1.29, 1.82) is 0 Å². The molecule has 0 aliphatic carbocycles. The van der Waals surface area contributed by atoms with Crippen LogP contribution in [0.4, 0.5) is 9.59 Å². The standard InChI is InChI=1S/C13H16N2O4S/c1-9(16)10-5-2-3-6-11(10)20-8-4-7-19-13(18)15-12(14)17/h2-3,5-6H,4,7-8H2,1H3,(H3,14,15,17,18). The lowest BCUT2D eigenvalue weighted by Crippen LogP contribution is -2.35. The van der Waals surface area contributed by atoms with Crippen LogP contribution in [0.5, 0.6) is 0 Å². The Morgan fingerprint density at radius 2 is 2.00 bits per heavy atom. The summed E-state index contributed by atoms with van der Waals surface area (Å²) in [5.74, 6) is 0.707. The molecule has 0 aromatic heterocycles. The zero-order valence-electron chi connectivity index (χ0n) is 11.0. The molecule has 7 heteroatoms. The van der Waals surface area contributed by atoms with Gasteiger partial charge in [-0.05, 0) is 19.4 Å². The first-order valence-electron chi connectivity index (χ1n) is 5.96. The van der Waals surface area contributed by atoms with Crippen molar-refractivity contribution in [2.75, 3.05) is 12.4 Å². The molecule has 3 amide bonds. The first-order chi connectivity index (χ1) is 9.50. The van der Waals surface area contributed by atoms with Gasteiger partial charge in [0.15, 0.2) is 5.78 Å². The van der Waals surface area contributed by atoms with Crippen molar-refractivity contribution < 1.29 is 19.1 Å². The average molecular weight is 296 g/mol. The highest BCUT2D eigenvalue weighted by atomic mass is 32.2. The molecule has 0 spiro atoms. The van der Waals surface area contributed by atoms with E-state index < -0.39 is 12.1 Å². The van der Waals surface area contributed by atoms with Crippen LogP contribution in [0.25, 0.3) is 0 Å². The van der Waals surface area contributed by atoms with E-state index in [1.165, 1.54) is 18.7 Å². The number of urea groups is 1. The van der Waals surface area contributed by atoms with Crippen LogP contribution in [0.15, 0.2) is 29.2 Å². The van der Waals surface area contributed by atoms with Crippen molar-refractivity contribution in [3.8, 4) is 0 Å². The molecule has 0 saturated heterocycles. The summed E-state index contributed by atoms with van der Waals surface area (Å²) in [4.78, 5) is 33.6. The molecule has 1 aromatic rings. The predicted molar refractivity (Wildman–Crippen MR) is 75.9 cm³/mol. The van der Waals surface area contributed by atoms with E-state index in [4.69, 9.17) is 10.5 Å². The van der Waals surface area contributed by atoms with Gasteiger partial charge in [0.1, 0.15) is 0 Å². The fourth-order valence-electron chi connectivity index (χ4n) is 1.43. The molecular formula is C13H16N2O4S. The third-order valence-electron chi connectivity index (χ3n) is 2.27. The summed E-state index contributed by atoms with van der Waals surface area (Å²) in [6.45, 7) is 1.70. The fraction of sp³-hybridized carbons (Fsp3) is 0.308. The van der Waals surface area contributed by atoms with E-state index in [2.05, 4.69) is 0 Å². The Kier molecular flexibility index (Phi) is 6.58. The number of nitrogens with one attached hydrogen (secondary N) is 1. The average Bonchev–Trinajstić information content (AvgIpc) is 2.37. The summed E-state index contributed by atoms with van der Waals surface area (Å²) in [7, 11) is 0. The van der Waals surface area contributed by atoms with E-state index in [9.17, 15) is 14.4 Å². The lowest BCUT2D eigenvalue weighted by atomic mass is 10.1. The Bertz CT molecular complexity index is 505. The number of nitrogens with two attached hydrogens (primary N) is 1. The van der Waals surface area contributed by atoms with Crippen molar-refractivity contribution in [2.45, 2.75) is 18.2 Å². The molecule has 20 heavy (non-hydrogen) atoms. The summed E-state index contributed by atoms with van der Waals surface area (Å²) in [5.41, 5.74) is 5.44. The van der Waals surface area contributed by atoms with Crippen molar-refractivity contribution >= 4 is 29.7 Å². The number of primary amides is 1. The summed E-state index contributed by atoms with van der Waals surface area (Å²) in [5, 5.41) is 1.80. The molecular weight excluding hydrogens is 280 g/mol. The number of alkyl carbamates (subject to hydrolysis) is 1. The summed E-state index contributed by atoms with van der Waals surface area (Å²) < 4.78 is 4.74. The van der Waals surface area contributed by atoms with E-state index >= 15 is 0 Å². The number of ether oxygens (including phenoxy) is 1. The monoisotopic (exact) mass is 296 g/mol. The van der Waals surface area contributed by atoms with E-state index in [1.807, 2.05) is 18.2 Å². The molecule has 0 saturated carbocycles. The molecule has 0 aliphatic heterocycles. The maximum absolute atomic E-state index is 11.4. The number of carbonyl (C=O) groups is 3. The van der Waals surface area contributed by atoms with Crippen LogP contribution in [0.3, 0.4) is 0 Å². The van der Waals surface area contributed by atoms with Crippen molar-refractivity contribution in [3.63, 3.8) is 0 Å². The van der Waals surface area contributed by atoms with Crippen LogP contribution < -0.4 is 11.1 Å². The highest BCUT2D eigenvalue weighted by Gasteiger charge is 2.07. The zero-order chi connectivity index (χ0) is 15.0. The van der Waals surface area contributed by atoms with Gasteiger partial charge in [0.05, 0.1) is 6.61 Å². The molecule has 0 heterocycles. The first-order valence-corrected chi connectivity index (χ1v) is 6.95. The van der Waals surface area contributed by atoms with Crippen molar-refractivity contribution in [1.82, 2.24) is 5.32 Å². The first kappa shape index (κ1) is 16.0. The lowest BCUT2D eigenvalue weighted by molar-refractivity contribution is 0.101. The molecule has 108 valence electrons. The maximum atomic E-state index is 11.4. The van der Waals surface area contributed by atoms with E-state index in [-0.39, 0.29) is 12.4 Å². The maximum Gasteiger partial charge on any atom is 0.415 e.